The fourth-order valence-electron chi connectivity index (χ4n) is 3.93. The van der Waals surface area contributed by atoms with Gasteiger partial charge in [-0.1, -0.05) is 114 Å². The van der Waals surface area contributed by atoms with Gasteiger partial charge in [0.05, 0.1) is 36.3 Å². The van der Waals surface area contributed by atoms with E-state index in [1.165, 1.54) is 62.8 Å². The van der Waals surface area contributed by atoms with Gasteiger partial charge in [0.15, 0.2) is 0 Å². The van der Waals surface area contributed by atoms with Crippen LogP contribution in [-0.2, 0) is 9.47 Å². The quantitative estimate of drug-likeness (QED) is 0.124. The van der Waals surface area contributed by atoms with Crippen LogP contribution in [0.4, 0.5) is 0 Å². The van der Waals surface area contributed by atoms with Crippen LogP contribution in [0.1, 0.15) is 132 Å². The molecular formula is C32H42BaO8. The molecule has 0 atom stereocenters. The Morgan fingerprint density at radius 1 is 0.512 bits per heavy atom. The standard InChI is InChI=1S/2C16H22O4.Ba/c2*1-2-3-4-5-6-9-12-20-16(19)14-11-8-7-10-13(14)15(17)18;/h2*7-8,10-11H,2-6,9,12H2,1H3,(H,17,18);/q;;+2/p-2. The molecule has 220 valence electrons. The van der Waals surface area contributed by atoms with Crippen LogP contribution in [-0.4, -0.2) is 86.0 Å². The van der Waals surface area contributed by atoms with E-state index < -0.39 is 23.9 Å². The van der Waals surface area contributed by atoms with Crippen molar-refractivity contribution in [3.63, 3.8) is 0 Å². The molecular weight excluding hydrogens is 650 g/mol. The summed E-state index contributed by atoms with van der Waals surface area (Å²) in [4.78, 5) is 45.4. The van der Waals surface area contributed by atoms with Crippen molar-refractivity contribution >= 4 is 72.8 Å². The largest absolute Gasteiger partial charge is 2.00 e. The molecule has 8 nitrogen and oxygen atoms in total. The minimum atomic E-state index is -1.36. The van der Waals surface area contributed by atoms with Gasteiger partial charge in [-0.25, -0.2) is 9.59 Å². The minimum absolute atomic E-state index is 0. The Bertz CT molecular complexity index is 970. The molecule has 0 amide bonds. The van der Waals surface area contributed by atoms with Gasteiger partial charge in [-0.3, -0.25) is 0 Å². The average Bonchev–Trinajstić information content (AvgIpc) is 2.96. The summed E-state index contributed by atoms with van der Waals surface area (Å²) in [5.74, 6) is -3.93. The van der Waals surface area contributed by atoms with Crippen LogP contribution in [0.25, 0.3) is 0 Å². The molecule has 0 radical (unpaired) electrons. The Labute approximate surface area is 284 Å². The van der Waals surface area contributed by atoms with Crippen LogP contribution >= 0.6 is 0 Å². The number of carbonyl (C=O) groups excluding carboxylic acids is 4. The van der Waals surface area contributed by atoms with Gasteiger partial charge in [-0.15, -0.1) is 0 Å². The van der Waals surface area contributed by atoms with Gasteiger partial charge >= 0.3 is 60.8 Å². The molecule has 2 aromatic rings. The predicted octanol–water partition coefficient (Wildman–Crippen LogP) is 4.75. The number of rotatable bonds is 18. The van der Waals surface area contributed by atoms with E-state index in [0.29, 0.717) is 13.2 Å². The Balaban J connectivity index is 0.000000762. The molecule has 0 unspecified atom stereocenters. The van der Waals surface area contributed by atoms with E-state index in [-0.39, 0.29) is 71.1 Å². The Hall–Kier alpha value is -2.11. The summed E-state index contributed by atoms with van der Waals surface area (Å²) in [7, 11) is 0. The van der Waals surface area contributed by atoms with E-state index in [1.807, 2.05) is 0 Å². The smallest absolute Gasteiger partial charge is 0.545 e. The van der Waals surface area contributed by atoms with Gasteiger partial charge in [0, 0.05) is 11.1 Å². The van der Waals surface area contributed by atoms with Gasteiger partial charge in [0.25, 0.3) is 0 Å². The molecule has 0 saturated heterocycles. The van der Waals surface area contributed by atoms with Crippen LogP contribution in [0, 0.1) is 0 Å². The summed E-state index contributed by atoms with van der Waals surface area (Å²) in [6.07, 6.45) is 13.2. The second kappa shape index (κ2) is 24.5. The van der Waals surface area contributed by atoms with Gasteiger partial charge in [-0.05, 0) is 25.0 Å². The summed E-state index contributed by atoms with van der Waals surface area (Å²) in [5.41, 5.74) is -0.141. The number of hydrogen-bond donors (Lipinski definition) is 0. The molecule has 0 aliphatic rings. The SMILES string of the molecule is CCCCCCCCOC(=O)c1ccccc1C(=O)[O-].CCCCCCCCOC(=O)c1ccccc1C(=O)[O-].[Ba+2]. The first-order chi connectivity index (χ1) is 19.3. The molecule has 0 aliphatic heterocycles. The van der Waals surface area contributed by atoms with Crippen LogP contribution in [0.3, 0.4) is 0 Å². The zero-order valence-corrected chi connectivity index (χ0v) is 28.9. The molecule has 2 rings (SSSR count). The van der Waals surface area contributed by atoms with E-state index in [4.69, 9.17) is 9.47 Å². The topological polar surface area (TPSA) is 133 Å². The fraction of sp³-hybridized carbons (Fsp3) is 0.500. The van der Waals surface area contributed by atoms with E-state index >= 15 is 0 Å². The number of benzene rings is 2. The maximum absolute atomic E-state index is 11.8. The first kappa shape index (κ1) is 38.9. The molecule has 0 aliphatic carbocycles. The van der Waals surface area contributed by atoms with Crippen molar-refractivity contribution in [1.29, 1.82) is 0 Å². The van der Waals surface area contributed by atoms with Crippen molar-refractivity contribution in [2.75, 3.05) is 13.2 Å². The van der Waals surface area contributed by atoms with Gasteiger partial charge in [-0.2, -0.15) is 0 Å². The molecule has 0 bridgehead atoms. The Morgan fingerprint density at radius 2 is 0.805 bits per heavy atom. The zero-order valence-electron chi connectivity index (χ0n) is 24.5. The van der Waals surface area contributed by atoms with E-state index in [1.54, 1.807) is 24.3 Å². The summed E-state index contributed by atoms with van der Waals surface area (Å²) in [6, 6.07) is 11.9. The molecule has 0 heterocycles. The summed E-state index contributed by atoms with van der Waals surface area (Å²) in [5, 5.41) is 21.8. The van der Waals surface area contributed by atoms with Crippen molar-refractivity contribution in [3.05, 3.63) is 70.8 Å². The third-order valence-electron chi connectivity index (χ3n) is 6.20. The first-order valence-corrected chi connectivity index (χ1v) is 14.3. The Morgan fingerprint density at radius 3 is 1.12 bits per heavy atom. The number of esters is 2. The summed E-state index contributed by atoms with van der Waals surface area (Å²) < 4.78 is 10.2. The maximum Gasteiger partial charge on any atom is 2.00 e. The number of carbonyl (C=O) groups is 4. The number of unbranched alkanes of at least 4 members (excludes halogenated alkanes) is 10. The predicted molar refractivity (Wildman–Crippen MR) is 155 cm³/mol. The van der Waals surface area contributed by atoms with Crippen molar-refractivity contribution in [1.82, 2.24) is 0 Å². The monoisotopic (exact) mass is 692 g/mol. The number of aromatic carboxylic acids is 2. The number of hydrogen-bond acceptors (Lipinski definition) is 8. The first-order valence-electron chi connectivity index (χ1n) is 14.3. The van der Waals surface area contributed by atoms with Crippen molar-refractivity contribution in [2.45, 2.75) is 90.9 Å². The van der Waals surface area contributed by atoms with Gasteiger partial charge in [0.2, 0.25) is 0 Å². The normalized spacial score (nSPS) is 10.0. The van der Waals surface area contributed by atoms with Crippen molar-refractivity contribution in [3.8, 4) is 0 Å². The number of carboxylic acids is 2. The second-order valence-electron chi connectivity index (χ2n) is 9.47. The minimum Gasteiger partial charge on any atom is -0.545 e. The van der Waals surface area contributed by atoms with Crippen LogP contribution in [0.15, 0.2) is 48.5 Å². The zero-order chi connectivity index (χ0) is 29.6. The van der Waals surface area contributed by atoms with Crippen LogP contribution < -0.4 is 10.2 Å². The van der Waals surface area contributed by atoms with Crippen LogP contribution in [0.2, 0.25) is 0 Å². The fourth-order valence-corrected chi connectivity index (χ4v) is 3.93. The third-order valence-corrected chi connectivity index (χ3v) is 6.20. The van der Waals surface area contributed by atoms with E-state index in [2.05, 4.69) is 13.8 Å². The average molecular weight is 692 g/mol. The molecule has 0 saturated carbocycles. The van der Waals surface area contributed by atoms with E-state index in [9.17, 15) is 29.4 Å². The molecule has 9 heteroatoms. The maximum atomic E-state index is 11.8. The summed E-state index contributed by atoms with van der Waals surface area (Å²) in [6.45, 7) is 4.98. The third kappa shape index (κ3) is 16.8. The van der Waals surface area contributed by atoms with Crippen LogP contribution in [0.5, 0.6) is 0 Å². The summed E-state index contributed by atoms with van der Waals surface area (Å²) >= 11 is 0. The van der Waals surface area contributed by atoms with E-state index in [0.717, 1.165) is 38.5 Å². The number of carboxylic acid groups (broad SMARTS) is 2. The van der Waals surface area contributed by atoms with Gasteiger partial charge < -0.3 is 29.3 Å². The molecule has 0 fully saturated rings. The van der Waals surface area contributed by atoms with Crippen molar-refractivity contribution < 1.29 is 38.9 Å². The van der Waals surface area contributed by atoms with Gasteiger partial charge in [0.1, 0.15) is 0 Å². The number of ether oxygens (including phenoxy) is 2. The molecule has 2 aromatic carbocycles. The molecule has 0 aromatic heterocycles. The second-order valence-corrected chi connectivity index (χ2v) is 9.47. The Kier molecular flexibility index (Phi) is 23.2. The molecule has 0 spiro atoms. The molecule has 0 N–H and O–H groups in total. The molecule has 41 heavy (non-hydrogen) atoms. The van der Waals surface area contributed by atoms with Crippen molar-refractivity contribution in [2.24, 2.45) is 0 Å².